The summed E-state index contributed by atoms with van der Waals surface area (Å²) in [5.41, 5.74) is 7.82. The molecular weight excluding hydrogens is 507 g/mol. The van der Waals surface area contributed by atoms with Crippen LogP contribution in [-0.2, 0) is 0 Å². The first kappa shape index (κ1) is 25.0. The molecule has 1 aliphatic heterocycles. The van der Waals surface area contributed by atoms with Crippen molar-refractivity contribution in [1.29, 1.82) is 5.26 Å². The Kier molecular flexibility index (Phi) is 7.15. The Bertz CT molecular complexity index is 1410. The Morgan fingerprint density at radius 1 is 0.972 bits per heavy atom. The van der Waals surface area contributed by atoms with Crippen molar-refractivity contribution in [1.82, 2.24) is 0 Å². The first-order valence-electron chi connectivity index (χ1n) is 10.5. The van der Waals surface area contributed by atoms with Gasteiger partial charge in [0.15, 0.2) is 11.5 Å². The molecule has 0 radical (unpaired) electrons. The minimum absolute atomic E-state index is 0.0609. The van der Waals surface area contributed by atoms with Crippen LogP contribution in [0.5, 0.6) is 28.7 Å². The Balaban J connectivity index is 1.69. The molecule has 1 atom stereocenters. The van der Waals surface area contributed by atoms with E-state index >= 15 is 0 Å². The van der Waals surface area contributed by atoms with Gasteiger partial charge in [0.1, 0.15) is 23.1 Å². The van der Waals surface area contributed by atoms with Gasteiger partial charge < -0.3 is 29.4 Å². The summed E-state index contributed by atoms with van der Waals surface area (Å²) in [6.07, 6.45) is 0. The van der Waals surface area contributed by atoms with Crippen LogP contribution >= 0.6 is 23.2 Å². The predicted molar refractivity (Wildman–Crippen MR) is 133 cm³/mol. The number of rotatable bonds is 6. The standard InChI is InChI=1S/C26H20Cl2N2O6/c1-32-21-9-14(10-22(33-2)24(21)34-3)26(31)35-15-5-6-16-20(11-15)36-25(30)17(12-29)23(16)13-4-7-18(27)19(28)8-13/h4-11,23H,30H2,1-3H3. The van der Waals surface area contributed by atoms with Crippen molar-refractivity contribution in [2.75, 3.05) is 21.3 Å². The molecule has 0 saturated carbocycles. The highest BCUT2D eigenvalue weighted by Crippen LogP contribution is 2.44. The maximum absolute atomic E-state index is 12.9. The molecule has 0 aromatic heterocycles. The van der Waals surface area contributed by atoms with Crippen molar-refractivity contribution >= 4 is 29.2 Å². The third-order valence-corrected chi connectivity index (χ3v) is 6.32. The molecule has 2 N–H and O–H groups in total. The number of benzene rings is 3. The molecule has 36 heavy (non-hydrogen) atoms. The van der Waals surface area contributed by atoms with E-state index in [2.05, 4.69) is 6.07 Å². The number of hydrogen-bond acceptors (Lipinski definition) is 8. The van der Waals surface area contributed by atoms with Gasteiger partial charge in [-0.2, -0.15) is 5.26 Å². The van der Waals surface area contributed by atoms with Crippen molar-refractivity contribution in [2.24, 2.45) is 5.73 Å². The van der Waals surface area contributed by atoms with Crippen LogP contribution in [-0.4, -0.2) is 27.3 Å². The zero-order chi connectivity index (χ0) is 26.0. The zero-order valence-electron chi connectivity index (χ0n) is 19.4. The highest BCUT2D eigenvalue weighted by atomic mass is 35.5. The Hall–Kier alpha value is -4.06. The van der Waals surface area contributed by atoms with Crippen LogP contribution in [0.1, 0.15) is 27.4 Å². The summed E-state index contributed by atoms with van der Waals surface area (Å²) in [4.78, 5) is 12.9. The number of esters is 1. The van der Waals surface area contributed by atoms with E-state index in [1.165, 1.54) is 39.5 Å². The van der Waals surface area contributed by atoms with E-state index in [1.807, 2.05) is 0 Å². The second-order valence-electron chi connectivity index (χ2n) is 7.60. The summed E-state index contributed by atoms with van der Waals surface area (Å²) >= 11 is 12.3. The lowest BCUT2D eigenvalue weighted by molar-refractivity contribution is 0.0733. The second kappa shape index (κ2) is 10.3. The Labute approximate surface area is 217 Å². The number of carbonyl (C=O) groups is 1. The van der Waals surface area contributed by atoms with Gasteiger partial charge in [0.25, 0.3) is 0 Å². The van der Waals surface area contributed by atoms with Gasteiger partial charge in [-0.3, -0.25) is 0 Å². The minimum Gasteiger partial charge on any atom is -0.493 e. The summed E-state index contributed by atoms with van der Waals surface area (Å²) in [5, 5.41) is 10.5. The van der Waals surface area contributed by atoms with Crippen LogP contribution in [0.4, 0.5) is 0 Å². The summed E-state index contributed by atoms with van der Waals surface area (Å²) in [5.74, 6) is 0.233. The van der Waals surface area contributed by atoms with E-state index in [-0.39, 0.29) is 22.8 Å². The molecule has 1 heterocycles. The molecule has 1 aliphatic rings. The number of hydrogen-bond donors (Lipinski definition) is 1. The molecular formula is C26H20Cl2N2O6. The molecule has 3 aromatic rings. The highest BCUT2D eigenvalue weighted by Gasteiger charge is 2.31. The molecule has 0 fully saturated rings. The largest absolute Gasteiger partial charge is 0.493 e. The molecule has 1 unspecified atom stereocenters. The maximum Gasteiger partial charge on any atom is 0.343 e. The van der Waals surface area contributed by atoms with Crippen LogP contribution in [0.15, 0.2) is 60.0 Å². The fraction of sp³-hybridized carbons (Fsp3) is 0.154. The van der Waals surface area contributed by atoms with Crippen molar-refractivity contribution in [3.8, 4) is 34.8 Å². The molecule has 4 rings (SSSR count). The van der Waals surface area contributed by atoms with Crippen LogP contribution in [0.25, 0.3) is 0 Å². The summed E-state index contributed by atoms with van der Waals surface area (Å²) in [6.45, 7) is 0. The lowest BCUT2D eigenvalue weighted by atomic mass is 9.83. The van der Waals surface area contributed by atoms with Crippen LogP contribution in [0.2, 0.25) is 10.0 Å². The van der Waals surface area contributed by atoms with E-state index in [4.69, 9.17) is 52.6 Å². The van der Waals surface area contributed by atoms with Gasteiger partial charge in [-0.15, -0.1) is 0 Å². The molecule has 184 valence electrons. The third-order valence-electron chi connectivity index (χ3n) is 5.58. The molecule has 10 heteroatoms. The average molecular weight is 527 g/mol. The zero-order valence-corrected chi connectivity index (χ0v) is 20.9. The lowest BCUT2D eigenvalue weighted by Gasteiger charge is -2.27. The van der Waals surface area contributed by atoms with E-state index in [0.717, 1.165) is 0 Å². The fourth-order valence-corrected chi connectivity index (χ4v) is 4.21. The monoisotopic (exact) mass is 526 g/mol. The Morgan fingerprint density at radius 3 is 2.25 bits per heavy atom. The number of allylic oxidation sites excluding steroid dienone is 1. The maximum atomic E-state index is 12.9. The van der Waals surface area contributed by atoms with Crippen LogP contribution in [0.3, 0.4) is 0 Å². The number of methoxy groups -OCH3 is 3. The quantitative estimate of drug-likeness (QED) is 0.332. The van der Waals surface area contributed by atoms with E-state index in [0.29, 0.717) is 44.2 Å². The first-order chi connectivity index (χ1) is 17.3. The third kappa shape index (κ3) is 4.59. The molecule has 0 spiro atoms. The van der Waals surface area contributed by atoms with Gasteiger partial charge >= 0.3 is 5.97 Å². The summed E-state index contributed by atoms with van der Waals surface area (Å²) in [6, 6.07) is 15.0. The van der Waals surface area contributed by atoms with E-state index in [1.54, 1.807) is 30.3 Å². The number of nitriles is 1. The summed E-state index contributed by atoms with van der Waals surface area (Å²) in [7, 11) is 4.37. The van der Waals surface area contributed by atoms with Gasteiger partial charge in [-0.05, 0) is 35.9 Å². The number of fused-ring (bicyclic) bond motifs is 1. The van der Waals surface area contributed by atoms with Crippen molar-refractivity contribution in [3.05, 3.63) is 86.7 Å². The lowest BCUT2D eigenvalue weighted by Crippen LogP contribution is -2.21. The van der Waals surface area contributed by atoms with Gasteiger partial charge in [0.05, 0.1) is 42.9 Å². The first-order valence-corrected chi connectivity index (χ1v) is 11.3. The number of nitrogens with two attached hydrogens (primary N) is 1. The predicted octanol–water partition coefficient (Wildman–Crippen LogP) is 5.46. The van der Waals surface area contributed by atoms with E-state index < -0.39 is 11.9 Å². The topological polar surface area (TPSA) is 113 Å². The van der Waals surface area contributed by atoms with Crippen molar-refractivity contribution in [2.45, 2.75) is 5.92 Å². The molecule has 3 aromatic carbocycles. The molecule has 0 bridgehead atoms. The Morgan fingerprint density at radius 2 is 1.67 bits per heavy atom. The minimum atomic E-state index is -0.660. The van der Waals surface area contributed by atoms with E-state index in [9.17, 15) is 10.1 Å². The van der Waals surface area contributed by atoms with Crippen LogP contribution in [0, 0.1) is 11.3 Å². The number of nitrogens with zero attached hydrogens (tertiary/aromatic N) is 1. The SMILES string of the molecule is COc1cc(C(=O)Oc2ccc3c(c2)OC(N)=C(C#N)C3c2ccc(Cl)c(Cl)c2)cc(OC)c1OC. The molecule has 0 aliphatic carbocycles. The normalized spacial score (nSPS) is 14.3. The number of halogens is 2. The van der Waals surface area contributed by atoms with Gasteiger partial charge in [0, 0.05) is 11.6 Å². The van der Waals surface area contributed by atoms with Crippen LogP contribution < -0.4 is 29.4 Å². The molecule has 0 saturated heterocycles. The van der Waals surface area contributed by atoms with Gasteiger partial charge in [0.2, 0.25) is 11.6 Å². The number of ether oxygens (including phenoxy) is 5. The molecule has 8 nitrogen and oxygen atoms in total. The smallest absolute Gasteiger partial charge is 0.343 e. The van der Waals surface area contributed by atoms with Gasteiger partial charge in [-0.1, -0.05) is 35.3 Å². The second-order valence-corrected chi connectivity index (χ2v) is 8.42. The highest BCUT2D eigenvalue weighted by molar-refractivity contribution is 6.42. The average Bonchev–Trinajstić information content (AvgIpc) is 2.88. The van der Waals surface area contributed by atoms with Crippen molar-refractivity contribution in [3.63, 3.8) is 0 Å². The van der Waals surface area contributed by atoms with Gasteiger partial charge in [-0.25, -0.2) is 4.79 Å². The fourth-order valence-electron chi connectivity index (χ4n) is 3.90. The molecule has 0 amide bonds. The summed E-state index contributed by atoms with van der Waals surface area (Å²) < 4.78 is 27.2. The number of carbonyl (C=O) groups excluding carboxylic acids is 1. The van der Waals surface area contributed by atoms with Crippen molar-refractivity contribution < 1.29 is 28.5 Å².